The van der Waals surface area contributed by atoms with E-state index < -0.39 is 5.97 Å². The Labute approximate surface area is 108 Å². The first-order valence-corrected chi connectivity index (χ1v) is 6.15. The van der Waals surface area contributed by atoms with Crippen LogP contribution in [-0.4, -0.2) is 29.1 Å². The molecule has 0 aliphatic carbocycles. The van der Waals surface area contributed by atoms with Crippen molar-refractivity contribution in [1.82, 2.24) is 4.90 Å². The monoisotopic (exact) mass is 303 g/mol. The van der Waals surface area contributed by atoms with Crippen molar-refractivity contribution in [3.05, 3.63) is 34.1 Å². The van der Waals surface area contributed by atoms with Gasteiger partial charge >= 0.3 is 5.97 Å². The number of halogens is 2. The van der Waals surface area contributed by atoms with E-state index in [0.717, 1.165) is 0 Å². The molecule has 0 radical (unpaired) electrons. The molecule has 5 heteroatoms. The molecule has 3 nitrogen and oxygen atoms in total. The maximum absolute atomic E-state index is 13.7. The molecule has 0 saturated carbocycles. The Balaban J connectivity index is 2.93. The SMILES string of the molecule is CCN(CC(=O)O)C(C)c1ccc(Br)cc1F. The summed E-state index contributed by atoms with van der Waals surface area (Å²) in [6.45, 7) is 4.13. The van der Waals surface area contributed by atoms with Crippen LogP contribution in [0.1, 0.15) is 25.5 Å². The summed E-state index contributed by atoms with van der Waals surface area (Å²) in [7, 11) is 0. The topological polar surface area (TPSA) is 40.5 Å². The molecule has 94 valence electrons. The molecule has 1 unspecified atom stereocenters. The van der Waals surface area contributed by atoms with E-state index in [1.165, 1.54) is 6.07 Å². The van der Waals surface area contributed by atoms with Gasteiger partial charge in [0.05, 0.1) is 6.54 Å². The number of benzene rings is 1. The first-order chi connectivity index (χ1) is 7.95. The number of rotatable bonds is 5. The van der Waals surface area contributed by atoms with Crippen LogP contribution in [0.3, 0.4) is 0 Å². The lowest BCUT2D eigenvalue weighted by molar-refractivity contribution is -0.138. The third kappa shape index (κ3) is 3.78. The lowest BCUT2D eigenvalue weighted by Crippen LogP contribution is -2.32. The minimum atomic E-state index is -0.906. The van der Waals surface area contributed by atoms with Crippen LogP contribution in [0, 0.1) is 5.82 Å². The highest BCUT2D eigenvalue weighted by Gasteiger charge is 2.19. The zero-order valence-corrected chi connectivity index (χ0v) is 11.4. The molecule has 0 bridgehead atoms. The van der Waals surface area contributed by atoms with Gasteiger partial charge < -0.3 is 5.11 Å². The quantitative estimate of drug-likeness (QED) is 0.909. The van der Waals surface area contributed by atoms with Crippen LogP contribution in [0.25, 0.3) is 0 Å². The molecule has 0 saturated heterocycles. The zero-order valence-electron chi connectivity index (χ0n) is 9.78. The number of carboxylic acids is 1. The van der Waals surface area contributed by atoms with Crippen LogP contribution in [-0.2, 0) is 4.79 Å². The molecule has 1 atom stereocenters. The molecule has 0 aliphatic heterocycles. The second-order valence-electron chi connectivity index (χ2n) is 3.80. The molecule has 1 N–H and O–H groups in total. The summed E-state index contributed by atoms with van der Waals surface area (Å²) in [5.74, 6) is -1.23. The molecule has 0 fully saturated rings. The lowest BCUT2D eigenvalue weighted by Gasteiger charge is -2.26. The van der Waals surface area contributed by atoms with Crippen molar-refractivity contribution in [2.24, 2.45) is 0 Å². The van der Waals surface area contributed by atoms with E-state index >= 15 is 0 Å². The second kappa shape index (κ2) is 6.12. The van der Waals surface area contributed by atoms with Crippen LogP contribution in [0.5, 0.6) is 0 Å². The van der Waals surface area contributed by atoms with Crippen molar-refractivity contribution in [3.63, 3.8) is 0 Å². The number of carbonyl (C=O) groups is 1. The molecule has 0 spiro atoms. The minimum Gasteiger partial charge on any atom is -0.480 e. The van der Waals surface area contributed by atoms with Crippen molar-refractivity contribution in [3.8, 4) is 0 Å². The highest BCUT2D eigenvalue weighted by molar-refractivity contribution is 9.10. The van der Waals surface area contributed by atoms with Gasteiger partial charge in [-0.25, -0.2) is 4.39 Å². The minimum absolute atomic E-state index is 0.0901. The first-order valence-electron chi connectivity index (χ1n) is 5.36. The maximum Gasteiger partial charge on any atom is 0.317 e. The summed E-state index contributed by atoms with van der Waals surface area (Å²) in [4.78, 5) is 12.4. The molecule has 0 heterocycles. The van der Waals surface area contributed by atoms with Crippen LogP contribution < -0.4 is 0 Å². The third-order valence-electron chi connectivity index (χ3n) is 2.70. The van der Waals surface area contributed by atoms with Crippen molar-refractivity contribution < 1.29 is 14.3 Å². The molecular formula is C12H15BrFNO2. The van der Waals surface area contributed by atoms with Crippen molar-refractivity contribution >= 4 is 21.9 Å². The number of hydrogen-bond donors (Lipinski definition) is 1. The lowest BCUT2D eigenvalue weighted by atomic mass is 10.1. The Morgan fingerprint density at radius 1 is 1.59 bits per heavy atom. The van der Waals surface area contributed by atoms with Gasteiger partial charge in [0.25, 0.3) is 0 Å². The van der Waals surface area contributed by atoms with Gasteiger partial charge in [0.1, 0.15) is 5.82 Å². The van der Waals surface area contributed by atoms with E-state index in [1.807, 2.05) is 6.92 Å². The fourth-order valence-corrected chi connectivity index (χ4v) is 2.07. The highest BCUT2D eigenvalue weighted by Crippen LogP contribution is 2.25. The van der Waals surface area contributed by atoms with Crippen molar-refractivity contribution in [1.29, 1.82) is 0 Å². The number of carboxylic acid groups (broad SMARTS) is 1. The third-order valence-corrected chi connectivity index (χ3v) is 3.20. The van der Waals surface area contributed by atoms with Gasteiger partial charge in [0.2, 0.25) is 0 Å². The molecule has 17 heavy (non-hydrogen) atoms. The number of likely N-dealkylation sites (N-methyl/N-ethyl adjacent to an activating group) is 1. The van der Waals surface area contributed by atoms with E-state index in [9.17, 15) is 9.18 Å². The smallest absolute Gasteiger partial charge is 0.317 e. The van der Waals surface area contributed by atoms with Crippen LogP contribution in [0.15, 0.2) is 22.7 Å². The Morgan fingerprint density at radius 2 is 2.24 bits per heavy atom. The Kier molecular flexibility index (Phi) is 5.08. The average Bonchev–Trinajstić information content (AvgIpc) is 2.24. The Hall–Kier alpha value is -0.940. The molecule has 1 aromatic rings. The Bertz CT molecular complexity index is 411. The molecule has 1 aromatic carbocycles. The molecule has 0 aromatic heterocycles. The summed E-state index contributed by atoms with van der Waals surface area (Å²) in [5, 5.41) is 8.78. The zero-order chi connectivity index (χ0) is 13.0. The summed E-state index contributed by atoms with van der Waals surface area (Å²) < 4.78 is 14.4. The molecule has 0 aliphatic rings. The normalized spacial score (nSPS) is 12.8. The molecule has 0 amide bonds. The average molecular weight is 304 g/mol. The maximum atomic E-state index is 13.7. The van der Waals surface area contributed by atoms with Crippen molar-refractivity contribution in [2.75, 3.05) is 13.1 Å². The van der Waals surface area contributed by atoms with Gasteiger partial charge in [-0.1, -0.05) is 28.9 Å². The van der Waals surface area contributed by atoms with Crippen LogP contribution >= 0.6 is 15.9 Å². The van der Waals surface area contributed by atoms with Crippen molar-refractivity contribution in [2.45, 2.75) is 19.9 Å². The van der Waals surface area contributed by atoms with Gasteiger partial charge in [-0.15, -0.1) is 0 Å². The molecule has 1 rings (SSSR count). The number of aliphatic carboxylic acids is 1. The predicted octanol–water partition coefficient (Wildman–Crippen LogP) is 3.06. The van der Waals surface area contributed by atoms with E-state index in [1.54, 1.807) is 24.0 Å². The van der Waals surface area contributed by atoms with Gasteiger partial charge in [-0.3, -0.25) is 9.69 Å². The van der Waals surface area contributed by atoms with Gasteiger partial charge in [0.15, 0.2) is 0 Å². The summed E-state index contributed by atoms with van der Waals surface area (Å²) in [6.07, 6.45) is 0. The van der Waals surface area contributed by atoms with Gasteiger partial charge in [-0.2, -0.15) is 0 Å². The standard InChI is InChI=1S/C12H15BrFNO2/c1-3-15(7-12(16)17)8(2)10-5-4-9(13)6-11(10)14/h4-6,8H,3,7H2,1-2H3,(H,16,17). The van der Waals surface area contributed by atoms with E-state index in [4.69, 9.17) is 5.11 Å². The summed E-state index contributed by atoms with van der Waals surface area (Å²) in [5.41, 5.74) is 0.510. The van der Waals surface area contributed by atoms with Crippen LogP contribution in [0.4, 0.5) is 4.39 Å². The fourth-order valence-electron chi connectivity index (χ4n) is 1.73. The van der Waals surface area contributed by atoms with Gasteiger partial charge in [-0.05, 0) is 25.6 Å². The first kappa shape index (κ1) is 14.1. The number of nitrogens with zero attached hydrogens (tertiary/aromatic N) is 1. The van der Waals surface area contributed by atoms with E-state index in [2.05, 4.69) is 15.9 Å². The van der Waals surface area contributed by atoms with Crippen LogP contribution in [0.2, 0.25) is 0 Å². The largest absolute Gasteiger partial charge is 0.480 e. The molecular weight excluding hydrogens is 289 g/mol. The number of hydrogen-bond acceptors (Lipinski definition) is 2. The van der Waals surface area contributed by atoms with Gasteiger partial charge in [0, 0.05) is 16.1 Å². The van der Waals surface area contributed by atoms with E-state index in [-0.39, 0.29) is 18.4 Å². The second-order valence-corrected chi connectivity index (χ2v) is 4.71. The predicted molar refractivity (Wildman–Crippen MR) is 67.4 cm³/mol. The summed E-state index contributed by atoms with van der Waals surface area (Å²) >= 11 is 3.19. The Morgan fingerprint density at radius 3 is 2.71 bits per heavy atom. The summed E-state index contributed by atoms with van der Waals surface area (Å²) in [6, 6.07) is 4.56. The van der Waals surface area contributed by atoms with E-state index in [0.29, 0.717) is 16.6 Å². The fraction of sp³-hybridized carbons (Fsp3) is 0.417. The highest BCUT2D eigenvalue weighted by atomic mass is 79.9.